The van der Waals surface area contributed by atoms with E-state index in [9.17, 15) is 4.39 Å². The Balaban J connectivity index is 2.45. The molecule has 0 aliphatic heterocycles. The highest BCUT2D eigenvalue weighted by molar-refractivity contribution is 9.10. The van der Waals surface area contributed by atoms with Gasteiger partial charge in [0.15, 0.2) is 5.82 Å². The van der Waals surface area contributed by atoms with Crippen LogP contribution in [0.25, 0.3) is 11.4 Å². The number of aromatic nitrogens is 2. The van der Waals surface area contributed by atoms with Gasteiger partial charge in [-0.15, -0.1) is 0 Å². The molecule has 18 heavy (non-hydrogen) atoms. The summed E-state index contributed by atoms with van der Waals surface area (Å²) in [4.78, 5) is 8.67. The lowest BCUT2D eigenvalue weighted by Gasteiger charge is -2.10. The predicted molar refractivity (Wildman–Crippen MR) is 72.5 cm³/mol. The molecule has 94 valence electrons. The van der Waals surface area contributed by atoms with E-state index >= 15 is 0 Å². The Bertz CT molecular complexity index is 584. The van der Waals surface area contributed by atoms with Crippen LogP contribution in [-0.2, 0) is 0 Å². The molecule has 0 bridgehead atoms. The molecule has 0 fully saturated rings. The van der Waals surface area contributed by atoms with E-state index in [2.05, 4.69) is 25.9 Å². The molecule has 1 atom stereocenters. The van der Waals surface area contributed by atoms with E-state index in [1.807, 2.05) is 13.8 Å². The third kappa shape index (κ3) is 2.57. The van der Waals surface area contributed by atoms with Crippen molar-refractivity contribution in [2.45, 2.75) is 19.9 Å². The van der Waals surface area contributed by atoms with Gasteiger partial charge in [-0.2, -0.15) is 0 Å². The smallest absolute Gasteiger partial charge is 0.159 e. The van der Waals surface area contributed by atoms with E-state index in [4.69, 9.17) is 5.73 Å². The molecular weight excluding hydrogens is 297 g/mol. The van der Waals surface area contributed by atoms with E-state index < -0.39 is 0 Å². The van der Waals surface area contributed by atoms with Crippen molar-refractivity contribution in [1.29, 1.82) is 0 Å². The number of benzene rings is 1. The van der Waals surface area contributed by atoms with Crippen molar-refractivity contribution in [3.8, 4) is 11.4 Å². The molecule has 1 aromatic heterocycles. The fraction of sp³-hybridized carbons (Fsp3) is 0.231. The first kappa shape index (κ1) is 13.1. The molecule has 2 aromatic rings. The van der Waals surface area contributed by atoms with Gasteiger partial charge < -0.3 is 5.73 Å². The lowest BCUT2D eigenvalue weighted by atomic mass is 10.1. The van der Waals surface area contributed by atoms with Crippen LogP contribution in [0, 0.1) is 12.7 Å². The molecule has 1 heterocycles. The van der Waals surface area contributed by atoms with Gasteiger partial charge in [-0.25, -0.2) is 14.4 Å². The molecule has 0 amide bonds. The van der Waals surface area contributed by atoms with Gasteiger partial charge in [-0.1, -0.05) is 0 Å². The number of halogens is 2. The van der Waals surface area contributed by atoms with Gasteiger partial charge >= 0.3 is 0 Å². The van der Waals surface area contributed by atoms with Crippen molar-refractivity contribution >= 4 is 15.9 Å². The fourth-order valence-corrected chi connectivity index (χ4v) is 2.08. The Hall–Kier alpha value is -1.33. The number of rotatable bonds is 2. The number of nitrogens with zero attached hydrogens (tertiary/aromatic N) is 2. The molecule has 0 unspecified atom stereocenters. The second kappa shape index (κ2) is 5.12. The van der Waals surface area contributed by atoms with Crippen LogP contribution in [0.5, 0.6) is 0 Å². The first-order valence-corrected chi connectivity index (χ1v) is 6.33. The Morgan fingerprint density at radius 1 is 1.39 bits per heavy atom. The quantitative estimate of drug-likeness (QED) is 0.925. The minimum Gasteiger partial charge on any atom is -0.324 e. The summed E-state index contributed by atoms with van der Waals surface area (Å²) in [5.74, 6) is 0.264. The minimum absolute atomic E-state index is 0.0981. The molecule has 2 rings (SSSR count). The van der Waals surface area contributed by atoms with Crippen LogP contribution in [0.15, 0.2) is 28.9 Å². The van der Waals surface area contributed by atoms with Gasteiger partial charge in [0, 0.05) is 29.1 Å². The summed E-state index contributed by atoms with van der Waals surface area (Å²) in [6.45, 7) is 3.78. The summed E-state index contributed by atoms with van der Waals surface area (Å²) < 4.78 is 13.6. The number of hydrogen-bond acceptors (Lipinski definition) is 3. The lowest BCUT2D eigenvalue weighted by Crippen LogP contribution is -2.09. The van der Waals surface area contributed by atoms with E-state index in [-0.39, 0.29) is 11.9 Å². The van der Waals surface area contributed by atoms with Gasteiger partial charge in [0.2, 0.25) is 0 Å². The Morgan fingerprint density at radius 3 is 2.67 bits per heavy atom. The Labute approximate surface area is 113 Å². The summed E-state index contributed by atoms with van der Waals surface area (Å²) in [5.41, 5.74) is 8.34. The van der Waals surface area contributed by atoms with Gasteiger partial charge in [-0.05, 0) is 48.0 Å². The summed E-state index contributed by atoms with van der Waals surface area (Å²) in [5, 5.41) is 0. The number of aryl methyl sites for hydroxylation is 1. The van der Waals surface area contributed by atoms with E-state index in [0.29, 0.717) is 10.3 Å². The van der Waals surface area contributed by atoms with E-state index in [0.717, 1.165) is 16.8 Å². The first-order chi connectivity index (χ1) is 8.49. The molecular formula is C13H13BrFN3. The average molecular weight is 310 g/mol. The second-order valence-corrected chi connectivity index (χ2v) is 5.01. The maximum absolute atomic E-state index is 13.2. The summed E-state index contributed by atoms with van der Waals surface area (Å²) in [7, 11) is 0. The monoisotopic (exact) mass is 309 g/mol. The Morgan fingerprint density at radius 2 is 2.11 bits per heavy atom. The SMILES string of the molecule is Cc1nc(-c2ccc(F)c(Br)c2)ncc1[C@@H](C)N. The summed E-state index contributed by atoms with van der Waals surface area (Å²) in [6.07, 6.45) is 1.72. The van der Waals surface area contributed by atoms with Crippen LogP contribution in [-0.4, -0.2) is 9.97 Å². The minimum atomic E-state index is -0.303. The second-order valence-electron chi connectivity index (χ2n) is 4.15. The molecule has 1 aromatic carbocycles. The molecule has 0 radical (unpaired) electrons. The van der Waals surface area contributed by atoms with Crippen molar-refractivity contribution in [2.75, 3.05) is 0 Å². The van der Waals surface area contributed by atoms with Crippen molar-refractivity contribution in [3.63, 3.8) is 0 Å². The highest BCUT2D eigenvalue weighted by Gasteiger charge is 2.09. The van der Waals surface area contributed by atoms with Crippen molar-refractivity contribution < 1.29 is 4.39 Å². The average Bonchev–Trinajstić information content (AvgIpc) is 2.32. The maximum atomic E-state index is 13.2. The largest absolute Gasteiger partial charge is 0.324 e. The van der Waals surface area contributed by atoms with Crippen molar-refractivity contribution in [2.24, 2.45) is 5.73 Å². The molecule has 0 spiro atoms. The molecule has 5 heteroatoms. The highest BCUT2D eigenvalue weighted by atomic mass is 79.9. The first-order valence-electron chi connectivity index (χ1n) is 5.53. The van der Waals surface area contributed by atoms with Crippen molar-refractivity contribution in [3.05, 3.63) is 45.9 Å². The van der Waals surface area contributed by atoms with Crippen LogP contribution < -0.4 is 5.73 Å². The molecule has 0 saturated heterocycles. The summed E-state index contributed by atoms with van der Waals surface area (Å²) in [6, 6.07) is 4.60. The van der Waals surface area contributed by atoms with Crippen LogP contribution in [0.1, 0.15) is 24.2 Å². The number of hydrogen-bond donors (Lipinski definition) is 1. The normalized spacial score (nSPS) is 12.5. The van der Waals surface area contributed by atoms with Gasteiger partial charge in [0.1, 0.15) is 5.82 Å². The molecule has 0 saturated carbocycles. The molecule has 0 aliphatic rings. The topological polar surface area (TPSA) is 51.8 Å². The summed E-state index contributed by atoms with van der Waals surface area (Å²) >= 11 is 3.15. The van der Waals surface area contributed by atoms with E-state index in [1.54, 1.807) is 18.3 Å². The molecule has 0 aliphatic carbocycles. The third-order valence-electron chi connectivity index (χ3n) is 2.69. The maximum Gasteiger partial charge on any atom is 0.159 e. The van der Waals surface area contributed by atoms with Gasteiger partial charge in [-0.3, -0.25) is 0 Å². The van der Waals surface area contributed by atoms with Crippen LogP contribution in [0.4, 0.5) is 4.39 Å². The molecule has 2 N–H and O–H groups in total. The highest BCUT2D eigenvalue weighted by Crippen LogP contribution is 2.24. The van der Waals surface area contributed by atoms with Gasteiger partial charge in [0.05, 0.1) is 4.47 Å². The zero-order chi connectivity index (χ0) is 13.3. The standard InChI is InChI=1S/C13H13BrFN3/c1-7(16)10-6-17-13(18-8(10)2)9-3-4-12(15)11(14)5-9/h3-7H,16H2,1-2H3/t7-/m1/s1. The zero-order valence-electron chi connectivity index (χ0n) is 10.1. The molecule has 3 nitrogen and oxygen atoms in total. The number of nitrogens with two attached hydrogens (primary N) is 1. The zero-order valence-corrected chi connectivity index (χ0v) is 11.7. The van der Waals surface area contributed by atoms with E-state index in [1.165, 1.54) is 6.07 Å². The Kier molecular flexibility index (Phi) is 3.73. The fourth-order valence-electron chi connectivity index (χ4n) is 1.70. The predicted octanol–water partition coefficient (Wildman–Crippen LogP) is 3.37. The van der Waals surface area contributed by atoms with Crippen molar-refractivity contribution in [1.82, 2.24) is 9.97 Å². The van der Waals surface area contributed by atoms with Crippen LogP contribution in [0.3, 0.4) is 0 Å². The van der Waals surface area contributed by atoms with Gasteiger partial charge in [0.25, 0.3) is 0 Å². The third-order valence-corrected chi connectivity index (χ3v) is 3.29. The lowest BCUT2D eigenvalue weighted by molar-refractivity contribution is 0.621. The van der Waals surface area contributed by atoms with Crippen LogP contribution in [0.2, 0.25) is 0 Å². The van der Waals surface area contributed by atoms with Crippen LogP contribution >= 0.6 is 15.9 Å².